The third-order valence-corrected chi connectivity index (χ3v) is 4.68. The van der Waals surface area contributed by atoms with E-state index < -0.39 is 11.9 Å². The van der Waals surface area contributed by atoms with Crippen molar-refractivity contribution >= 4 is 17.1 Å². The zero-order valence-electron chi connectivity index (χ0n) is 13.9. The van der Waals surface area contributed by atoms with Gasteiger partial charge in [-0.15, -0.1) is 0 Å². The van der Waals surface area contributed by atoms with Crippen molar-refractivity contribution in [3.63, 3.8) is 0 Å². The molecule has 0 saturated heterocycles. The summed E-state index contributed by atoms with van der Waals surface area (Å²) < 4.78 is 21.3. The van der Waals surface area contributed by atoms with Crippen LogP contribution < -0.4 is 15.6 Å². The topological polar surface area (TPSA) is 93.5 Å². The van der Waals surface area contributed by atoms with Crippen LogP contribution in [0, 0.1) is 11.7 Å². The Bertz CT molecular complexity index is 844. The number of carbonyl (C=O) groups is 1. The smallest absolute Gasteiger partial charge is 0.404 e. The molecule has 2 aromatic rings. The van der Waals surface area contributed by atoms with Crippen molar-refractivity contribution < 1.29 is 19.0 Å². The fraction of sp³-hybridized carbons (Fsp3) is 0.471. The molecule has 1 aromatic carbocycles. The van der Waals surface area contributed by atoms with E-state index in [2.05, 4.69) is 10.3 Å². The molecule has 7 nitrogen and oxygen atoms in total. The van der Waals surface area contributed by atoms with Crippen molar-refractivity contribution in [1.82, 2.24) is 14.9 Å². The largest absolute Gasteiger partial charge is 0.488 e. The quantitative estimate of drug-likeness (QED) is 0.883. The molecule has 0 unspecified atom stereocenters. The second-order valence-electron chi connectivity index (χ2n) is 6.38. The molecule has 1 aromatic heterocycles. The molecule has 0 bridgehead atoms. The van der Waals surface area contributed by atoms with E-state index in [1.807, 2.05) is 0 Å². The molecular weight excluding hydrogens is 329 g/mol. The van der Waals surface area contributed by atoms with Crippen LogP contribution in [0.1, 0.15) is 25.7 Å². The monoisotopic (exact) mass is 349 g/mol. The summed E-state index contributed by atoms with van der Waals surface area (Å²) in [5.74, 6) is -0.275. The van der Waals surface area contributed by atoms with E-state index in [9.17, 15) is 14.0 Å². The summed E-state index contributed by atoms with van der Waals surface area (Å²) in [6.45, 7) is 0.318. The summed E-state index contributed by atoms with van der Waals surface area (Å²) in [6, 6.07) is 2.76. The lowest BCUT2D eigenvalue weighted by molar-refractivity contribution is 0.168. The minimum absolute atomic E-state index is 0.0342. The molecule has 1 heterocycles. The van der Waals surface area contributed by atoms with Gasteiger partial charge in [0, 0.05) is 13.1 Å². The molecule has 1 aliphatic carbocycles. The number of aryl methyl sites for hydroxylation is 1. The zero-order valence-corrected chi connectivity index (χ0v) is 13.9. The highest BCUT2D eigenvalue weighted by molar-refractivity contribution is 5.81. The number of aromatic nitrogens is 2. The Morgan fingerprint density at radius 1 is 1.40 bits per heavy atom. The van der Waals surface area contributed by atoms with Gasteiger partial charge in [0.2, 0.25) is 0 Å². The second kappa shape index (κ2) is 7.08. The molecule has 3 rings (SSSR count). The van der Waals surface area contributed by atoms with Crippen molar-refractivity contribution in [2.24, 2.45) is 13.0 Å². The Labute approximate surface area is 143 Å². The van der Waals surface area contributed by atoms with Gasteiger partial charge >= 0.3 is 6.09 Å². The molecule has 0 spiro atoms. The predicted molar refractivity (Wildman–Crippen MR) is 89.3 cm³/mol. The van der Waals surface area contributed by atoms with Gasteiger partial charge in [-0.2, -0.15) is 0 Å². The number of nitrogens with zero attached hydrogens (tertiary/aromatic N) is 2. The fourth-order valence-corrected chi connectivity index (χ4v) is 3.27. The van der Waals surface area contributed by atoms with E-state index in [1.54, 1.807) is 7.05 Å². The van der Waals surface area contributed by atoms with Crippen LogP contribution in [0.4, 0.5) is 9.18 Å². The molecule has 0 atom stereocenters. The maximum Gasteiger partial charge on any atom is 0.404 e. The number of hydrogen-bond donors (Lipinski definition) is 2. The molecule has 1 fully saturated rings. The highest BCUT2D eigenvalue weighted by Gasteiger charge is 2.23. The van der Waals surface area contributed by atoms with Crippen LogP contribution in [0.2, 0.25) is 0 Å². The van der Waals surface area contributed by atoms with E-state index >= 15 is 0 Å². The Balaban J connectivity index is 1.72. The van der Waals surface area contributed by atoms with E-state index in [4.69, 9.17) is 9.84 Å². The van der Waals surface area contributed by atoms with Gasteiger partial charge in [-0.1, -0.05) is 0 Å². The predicted octanol–water partition coefficient (Wildman–Crippen LogP) is 2.28. The molecule has 2 N–H and O–H groups in total. The van der Waals surface area contributed by atoms with Gasteiger partial charge < -0.3 is 19.7 Å². The lowest BCUT2D eigenvalue weighted by atomic mass is 9.86. The third kappa shape index (κ3) is 3.72. The van der Waals surface area contributed by atoms with Crippen molar-refractivity contribution in [3.8, 4) is 5.75 Å². The van der Waals surface area contributed by atoms with Crippen LogP contribution in [-0.2, 0) is 7.05 Å². The number of benzene rings is 1. The number of ether oxygens (including phenoxy) is 1. The van der Waals surface area contributed by atoms with Gasteiger partial charge in [0.1, 0.15) is 5.52 Å². The van der Waals surface area contributed by atoms with Crippen LogP contribution in [-0.4, -0.2) is 33.4 Å². The van der Waals surface area contributed by atoms with Crippen LogP contribution in [0.15, 0.2) is 23.1 Å². The van der Waals surface area contributed by atoms with Gasteiger partial charge in [-0.3, -0.25) is 4.79 Å². The molecule has 25 heavy (non-hydrogen) atoms. The SMILES string of the molecule is Cn1c(=O)cnc2ccc(F)c(OC[C@H]3CC[C@H](NC(=O)O)CC3)c21. The van der Waals surface area contributed by atoms with Crippen LogP contribution in [0.25, 0.3) is 11.0 Å². The van der Waals surface area contributed by atoms with Gasteiger partial charge in [-0.25, -0.2) is 14.2 Å². The lowest BCUT2D eigenvalue weighted by Crippen LogP contribution is -2.37. The first kappa shape index (κ1) is 17.2. The highest BCUT2D eigenvalue weighted by Crippen LogP contribution is 2.29. The van der Waals surface area contributed by atoms with Gasteiger partial charge in [-0.05, 0) is 43.7 Å². The van der Waals surface area contributed by atoms with Crippen LogP contribution >= 0.6 is 0 Å². The van der Waals surface area contributed by atoms with Crippen molar-refractivity contribution in [2.75, 3.05) is 6.61 Å². The average molecular weight is 349 g/mol. The summed E-state index contributed by atoms with van der Waals surface area (Å²) in [7, 11) is 1.56. The molecule has 8 heteroatoms. The van der Waals surface area contributed by atoms with Gasteiger partial charge in [0.25, 0.3) is 5.56 Å². The lowest BCUT2D eigenvalue weighted by Gasteiger charge is -2.28. The zero-order chi connectivity index (χ0) is 18.0. The highest BCUT2D eigenvalue weighted by atomic mass is 19.1. The number of fused-ring (bicyclic) bond motifs is 1. The van der Waals surface area contributed by atoms with Crippen molar-refractivity contribution in [1.29, 1.82) is 0 Å². The first-order chi connectivity index (χ1) is 12.0. The first-order valence-corrected chi connectivity index (χ1v) is 8.22. The van der Waals surface area contributed by atoms with Gasteiger partial charge in [0.05, 0.1) is 18.3 Å². The molecule has 0 aliphatic heterocycles. The third-order valence-electron chi connectivity index (χ3n) is 4.68. The normalized spacial score (nSPS) is 20.4. The number of nitrogens with one attached hydrogen (secondary N) is 1. The number of amides is 1. The van der Waals surface area contributed by atoms with Crippen LogP contribution in [0.3, 0.4) is 0 Å². The second-order valence-corrected chi connectivity index (χ2v) is 6.38. The van der Waals surface area contributed by atoms with E-state index in [-0.39, 0.29) is 23.3 Å². The molecule has 1 saturated carbocycles. The Morgan fingerprint density at radius 3 is 2.80 bits per heavy atom. The minimum Gasteiger partial charge on any atom is -0.488 e. The summed E-state index contributed by atoms with van der Waals surface area (Å²) in [5, 5.41) is 11.2. The Hall–Kier alpha value is -2.64. The number of rotatable bonds is 4. The maximum absolute atomic E-state index is 14.2. The van der Waals surface area contributed by atoms with Crippen LogP contribution in [0.5, 0.6) is 5.75 Å². The maximum atomic E-state index is 14.2. The molecule has 134 valence electrons. The fourth-order valence-electron chi connectivity index (χ4n) is 3.27. The number of hydrogen-bond acceptors (Lipinski definition) is 4. The van der Waals surface area contributed by atoms with Crippen molar-refractivity contribution in [2.45, 2.75) is 31.7 Å². The molecular formula is C17H20FN3O4. The molecule has 0 radical (unpaired) electrons. The number of halogens is 1. The molecule has 1 aliphatic rings. The van der Waals surface area contributed by atoms with E-state index in [0.29, 0.717) is 17.6 Å². The average Bonchev–Trinajstić information content (AvgIpc) is 2.58. The van der Waals surface area contributed by atoms with E-state index in [1.165, 1.54) is 22.9 Å². The van der Waals surface area contributed by atoms with Crippen molar-refractivity contribution in [3.05, 3.63) is 34.5 Å². The first-order valence-electron chi connectivity index (χ1n) is 8.22. The minimum atomic E-state index is -1.01. The summed E-state index contributed by atoms with van der Waals surface area (Å²) in [5.41, 5.74) is 0.504. The summed E-state index contributed by atoms with van der Waals surface area (Å²) in [4.78, 5) is 26.5. The Morgan fingerprint density at radius 2 is 2.12 bits per heavy atom. The Kier molecular flexibility index (Phi) is 4.87. The standard InChI is InChI=1S/C17H20FN3O4/c1-21-14(22)8-19-13-7-6-12(18)16(15(13)21)25-9-10-2-4-11(5-3-10)20-17(23)24/h6-8,10-11,20H,2-5,9H2,1H3,(H,23,24)/t10-,11-. The van der Waals surface area contributed by atoms with E-state index in [0.717, 1.165) is 25.7 Å². The van der Waals surface area contributed by atoms with Gasteiger partial charge in [0.15, 0.2) is 11.6 Å². The molecule has 1 amide bonds. The number of carboxylic acid groups (broad SMARTS) is 1. The summed E-state index contributed by atoms with van der Waals surface area (Å²) >= 11 is 0. The summed E-state index contributed by atoms with van der Waals surface area (Å²) in [6.07, 6.45) is 3.26.